The molecule has 3 nitrogen and oxygen atoms in total. The molecular formula is C15H33N3. The van der Waals surface area contributed by atoms with Crippen molar-refractivity contribution >= 4 is 0 Å². The summed E-state index contributed by atoms with van der Waals surface area (Å²) in [5.74, 6) is 0.644. The highest BCUT2D eigenvalue weighted by atomic mass is 15.3. The van der Waals surface area contributed by atoms with Gasteiger partial charge in [-0.05, 0) is 25.4 Å². The summed E-state index contributed by atoms with van der Waals surface area (Å²) in [6.45, 7) is 12.8. The predicted octanol–water partition coefficient (Wildman–Crippen LogP) is 2.17. The van der Waals surface area contributed by atoms with Gasteiger partial charge in [-0.2, -0.15) is 0 Å². The van der Waals surface area contributed by atoms with Crippen molar-refractivity contribution in [3.8, 4) is 0 Å². The van der Waals surface area contributed by atoms with Gasteiger partial charge in [-0.1, -0.05) is 39.5 Å². The Labute approximate surface area is 114 Å². The number of hydrogen-bond donors (Lipinski definition) is 1. The third kappa shape index (κ3) is 6.72. The lowest BCUT2D eigenvalue weighted by Gasteiger charge is -2.35. The molecule has 0 aromatic rings. The Kier molecular flexibility index (Phi) is 8.64. The van der Waals surface area contributed by atoms with E-state index in [0.29, 0.717) is 5.92 Å². The second-order valence-electron chi connectivity index (χ2n) is 5.90. The molecule has 0 bridgehead atoms. The third-order valence-electron chi connectivity index (χ3n) is 4.02. The zero-order valence-electron chi connectivity index (χ0n) is 12.5. The lowest BCUT2D eigenvalue weighted by atomic mass is 10.1. The van der Waals surface area contributed by atoms with Crippen LogP contribution in [0.4, 0.5) is 0 Å². The van der Waals surface area contributed by atoms with Crippen molar-refractivity contribution in [2.75, 3.05) is 45.8 Å². The van der Waals surface area contributed by atoms with Gasteiger partial charge >= 0.3 is 0 Å². The molecule has 18 heavy (non-hydrogen) atoms. The third-order valence-corrected chi connectivity index (χ3v) is 4.02. The predicted molar refractivity (Wildman–Crippen MR) is 79.9 cm³/mol. The van der Waals surface area contributed by atoms with Gasteiger partial charge in [-0.15, -0.1) is 0 Å². The number of nitrogens with two attached hydrogens (primary N) is 1. The molecule has 3 heteroatoms. The zero-order valence-corrected chi connectivity index (χ0v) is 12.5. The van der Waals surface area contributed by atoms with Crippen molar-refractivity contribution in [2.45, 2.75) is 46.0 Å². The fraction of sp³-hybridized carbons (Fsp3) is 1.00. The molecule has 0 saturated carbocycles. The number of hydrogen-bond acceptors (Lipinski definition) is 3. The van der Waals surface area contributed by atoms with Crippen molar-refractivity contribution in [3.63, 3.8) is 0 Å². The summed E-state index contributed by atoms with van der Waals surface area (Å²) in [7, 11) is 0. The van der Waals surface area contributed by atoms with Gasteiger partial charge in [-0.25, -0.2) is 0 Å². The van der Waals surface area contributed by atoms with Crippen molar-refractivity contribution in [2.24, 2.45) is 11.7 Å². The van der Waals surface area contributed by atoms with Crippen LogP contribution in [0.2, 0.25) is 0 Å². The smallest absolute Gasteiger partial charge is 0.0110 e. The Hall–Kier alpha value is -0.120. The van der Waals surface area contributed by atoms with Gasteiger partial charge in [-0.3, -0.25) is 0 Å². The molecule has 0 amide bonds. The Morgan fingerprint density at radius 3 is 2.17 bits per heavy atom. The molecule has 1 aliphatic heterocycles. The van der Waals surface area contributed by atoms with E-state index in [1.807, 2.05) is 0 Å². The van der Waals surface area contributed by atoms with Crippen molar-refractivity contribution in [1.29, 1.82) is 0 Å². The van der Waals surface area contributed by atoms with Crippen molar-refractivity contribution in [3.05, 3.63) is 0 Å². The minimum absolute atomic E-state index is 0.644. The summed E-state index contributed by atoms with van der Waals surface area (Å²) in [6.07, 6.45) is 6.98. The van der Waals surface area contributed by atoms with Gasteiger partial charge in [0.25, 0.3) is 0 Å². The van der Waals surface area contributed by atoms with E-state index in [0.717, 1.165) is 6.54 Å². The number of rotatable bonds is 9. The fourth-order valence-electron chi connectivity index (χ4n) is 2.65. The van der Waals surface area contributed by atoms with E-state index in [9.17, 15) is 0 Å². The van der Waals surface area contributed by atoms with Gasteiger partial charge in [0, 0.05) is 32.7 Å². The molecule has 0 aliphatic carbocycles. The second-order valence-corrected chi connectivity index (χ2v) is 5.90. The number of nitrogens with zero attached hydrogens (tertiary/aromatic N) is 2. The molecule has 108 valence electrons. The molecule has 0 aromatic heterocycles. The van der Waals surface area contributed by atoms with E-state index in [-0.39, 0.29) is 0 Å². The van der Waals surface area contributed by atoms with Crippen LogP contribution in [0.1, 0.15) is 46.0 Å². The molecule has 0 aromatic carbocycles. The van der Waals surface area contributed by atoms with Crippen LogP contribution in [-0.2, 0) is 0 Å². The maximum Gasteiger partial charge on any atom is 0.0110 e. The summed E-state index contributed by atoms with van der Waals surface area (Å²) in [4.78, 5) is 5.21. The van der Waals surface area contributed by atoms with Crippen LogP contribution in [0.15, 0.2) is 0 Å². The summed E-state index contributed by atoms with van der Waals surface area (Å²) in [5, 5.41) is 0. The van der Waals surface area contributed by atoms with E-state index in [1.165, 1.54) is 71.4 Å². The van der Waals surface area contributed by atoms with Gasteiger partial charge in [0.15, 0.2) is 0 Å². The SMILES string of the molecule is CCCCCCCN1CCN(CC(C)CN)CC1. The van der Waals surface area contributed by atoms with E-state index in [2.05, 4.69) is 23.6 Å². The summed E-state index contributed by atoms with van der Waals surface area (Å²) < 4.78 is 0. The van der Waals surface area contributed by atoms with Gasteiger partial charge in [0.1, 0.15) is 0 Å². The number of piperazine rings is 1. The molecule has 1 heterocycles. The highest BCUT2D eigenvalue weighted by Gasteiger charge is 2.17. The van der Waals surface area contributed by atoms with Crippen LogP contribution in [0.5, 0.6) is 0 Å². The van der Waals surface area contributed by atoms with Crippen LogP contribution < -0.4 is 5.73 Å². The van der Waals surface area contributed by atoms with Gasteiger partial charge in [0.05, 0.1) is 0 Å². The Bertz CT molecular complexity index is 188. The molecule has 1 unspecified atom stereocenters. The molecule has 0 radical (unpaired) electrons. The Morgan fingerprint density at radius 1 is 0.944 bits per heavy atom. The normalized spacial score (nSPS) is 20.2. The first-order chi connectivity index (χ1) is 8.76. The lowest BCUT2D eigenvalue weighted by Crippen LogP contribution is -2.48. The second kappa shape index (κ2) is 9.76. The minimum atomic E-state index is 0.644. The Morgan fingerprint density at radius 2 is 1.56 bits per heavy atom. The first kappa shape index (κ1) is 15.9. The van der Waals surface area contributed by atoms with E-state index in [4.69, 9.17) is 5.73 Å². The topological polar surface area (TPSA) is 32.5 Å². The Balaban J connectivity index is 2.01. The largest absolute Gasteiger partial charge is 0.330 e. The first-order valence-corrected chi connectivity index (χ1v) is 7.91. The molecule has 1 fully saturated rings. The highest BCUT2D eigenvalue weighted by Crippen LogP contribution is 2.08. The van der Waals surface area contributed by atoms with E-state index in [1.54, 1.807) is 0 Å². The van der Waals surface area contributed by atoms with E-state index < -0.39 is 0 Å². The summed E-state index contributed by atoms with van der Waals surface area (Å²) >= 11 is 0. The molecule has 2 N–H and O–H groups in total. The number of unbranched alkanes of at least 4 members (excludes halogenated alkanes) is 4. The van der Waals surface area contributed by atoms with Crippen LogP contribution in [0.3, 0.4) is 0 Å². The maximum atomic E-state index is 5.69. The quantitative estimate of drug-likeness (QED) is 0.641. The molecule has 0 spiro atoms. The average Bonchev–Trinajstić information content (AvgIpc) is 2.40. The molecule has 1 rings (SSSR count). The lowest BCUT2D eigenvalue weighted by molar-refractivity contribution is 0.119. The summed E-state index contributed by atoms with van der Waals surface area (Å²) in [5.41, 5.74) is 5.69. The van der Waals surface area contributed by atoms with Crippen LogP contribution >= 0.6 is 0 Å². The highest BCUT2D eigenvalue weighted by molar-refractivity contribution is 4.73. The maximum absolute atomic E-state index is 5.69. The van der Waals surface area contributed by atoms with Crippen LogP contribution in [0, 0.1) is 5.92 Å². The minimum Gasteiger partial charge on any atom is -0.330 e. The van der Waals surface area contributed by atoms with Crippen LogP contribution in [-0.4, -0.2) is 55.6 Å². The van der Waals surface area contributed by atoms with Crippen molar-refractivity contribution in [1.82, 2.24) is 9.80 Å². The molecular weight excluding hydrogens is 222 g/mol. The first-order valence-electron chi connectivity index (χ1n) is 7.91. The van der Waals surface area contributed by atoms with Crippen molar-refractivity contribution < 1.29 is 0 Å². The summed E-state index contributed by atoms with van der Waals surface area (Å²) in [6, 6.07) is 0. The van der Waals surface area contributed by atoms with Gasteiger partial charge < -0.3 is 15.5 Å². The van der Waals surface area contributed by atoms with Gasteiger partial charge in [0.2, 0.25) is 0 Å². The zero-order chi connectivity index (χ0) is 13.2. The fourth-order valence-corrected chi connectivity index (χ4v) is 2.65. The van der Waals surface area contributed by atoms with E-state index >= 15 is 0 Å². The monoisotopic (exact) mass is 255 g/mol. The average molecular weight is 255 g/mol. The standard InChI is InChI=1S/C15H33N3/c1-3-4-5-6-7-8-17-9-11-18(12-10-17)14-15(2)13-16/h15H,3-14,16H2,1-2H3. The molecule has 1 aliphatic rings. The van der Waals surface area contributed by atoms with Crippen LogP contribution in [0.25, 0.3) is 0 Å². The molecule has 1 atom stereocenters. The molecule has 1 saturated heterocycles.